The molecular formula is C14H17BrN2O2. The number of amides is 2. The predicted molar refractivity (Wildman–Crippen MR) is 76.4 cm³/mol. The van der Waals surface area contributed by atoms with Crippen LogP contribution in [0.5, 0.6) is 0 Å². The Morgan fingerprint density at radius 1 is 1.42 bits per heavy atom. The fourth-order valence-electron chi connectivity index (χ4n) is 2.12. The number of carbonyl (C=O) groups excluding carboxylic acids is 2. The average Bonchev–Trinajstić information content (AvgIpc) is 2.40. The van der Waals surface area contributed by atoms with E-state index in [4.69, 9.17) is 0 Å². The quantitative estimate of drug-likeness (QED) is 0.895. The van der Waals surface area contributed by atoms with E-state index in [2.05, 4.69) is 26.6 Å². The molecule has 1 aliphatic heterocycles. The highest BCUT2D eigenvalue weighted by atomic mass is 79.9. The summed E-state index contributed by atoms with van der Waals surface area (Å²) in [6, 6.07) is 7.85. The summed E-state index contributed by atoms with van der Waals surface area (Å²) in [4.78, 5) is 23.1. The molecule has 19 heavy (non-hydrogen) atoms. The van der Waals surface area contributed by atoms with E-state index in [-0.39, 0.29) is 23.8 Å². The molecule has 0 radical (unpaired) electrons. The fraction of sp³-hybridized carbons (Fsp3) is 0.429. The molecule has 0 bridgehead atoms. The van der Waals surface area contributed by atoms with Crippen LogP contribution in [-0.4, -0.2) is 18.4 Å². The number of halogens is 1. The maximum atomic E-state index is 12.1. The molecule has 0 aliphatic carbocycles. The largest absolute Gasteiger partial charge is 0.355 e. The second-order valence-corrected chi connectivity index (χ2v) is 5.74. The zero-order chi connectivity index (χ0) is 13.8. The summed E-state index contributed by atoms with van der Waals surface area (Å²) in [5.74, 6) is -0.0731. The molecule has 2 amide bonds. The number of benzene rings is 1. The maximum absolute atomic E-state index is 12.1. The third-order valence-corrected chi connectivity index (χ3v) is 3.89. The highest BCUT2D eigenvalue weighted by molar-refractivity contribution is 9.10. The molecule has 1 heterocycles. The summed E-state index contributed by atoms with van der Waals surface area (Å²) < 4.78 is 1.02. The van der Waals surface area contributed by atoms with Crippen LogP contribution < -0.4 is 10.6 Å². The van der Waals surface area contributed by atoms with E-state index >= 15 is 0 Å². The second kappa shape index (κ2) is 6.19. The summed E-state index contributed by atoms with van der Waals surface area (Å²) in [5, 5.41) is 5.72. The van der Waals surface area contributed by atoms with Gasteiger partial charge < -0.3 is 10.6 Å². The summed E-state index contributed by atoms with van der Waals surface area (Å²) in [6.07, 6.45) is 1.06. The van der Waals surface area contributed by atoms with E-state index < -0.39 is 0 Å². The van der Waals surface area contributed by atoms with Gasteiger partial charge in [-0.1, -0.05) is 28.1 Å². The van der Waals surface area contributed by atoms with Crippen LogP contribution in [0.2, 0.25) is 0 Å². The summed E-state index contributed by atoms with van der Waals surface area (Å²) in [6.45, 7) is 2.40. The molecule has 5 heteroatoms. The van der Waals surface area contributed by atoms with Gasteiger partial charge >= 0.3 is 0 Å². The van der Waals surface area contributed by atoms with Gasteiger partial charge in [-0.2, -0.15) is 0 Å². The Kier molecular flexibility index (Phi) is 4.58. The van der Waals surface area contributed by atoms with Crippen molar-refractivity contribution in [3.63, 3.8) is 0 Å². The molecule has 2 N–H and O–H groups in total. The van der Waals surface area contributed by atoms with Gasteiger partial charge in [0.2, 0.25) is 11.8 Å². The van der Waals surface area contributed by atoms with Gasteiger partial charge in [-0.25, -0.2) is 0 Å². The lowest BCUT2D eigenvalue weighted by molar-refractivity contribution is -0.129. The van der Waals surface area contributed by atoms with Gasteiger partial charge in [0, 0.05) is 17.4 Å². The van der Waals surface area contributed by atoms with Crippen molar-refractivity contribution in [1.29, 1.82) is 0 Å². The second-order valence-electron chi connectivity index (χ2n) is 4.82. The molecule has 0 aromatic heterocycles. The molecule has 2 rings (SSSR count). The van der Waals surface area contributed by atoms with Crippen LogP contribution in [-0.2, 0) is 9.59 Å². The third-order valence-electron chi connectivity index (χ3n) is 3.37. The SMILES string of the molecule is CC(NC(=O)C1CCC(=O)NC1)c1ccc(Br)cc1. The first-order valence-corrected chi connectivity index (χ1v) is 7.18. The number of hydrogen-bond donors (Lipinski definition) is 2. The molecule has 2 unspecified atom stereocenters. The van der Waals surface area contributed by atoms with E-state index in [0.29, 0.717) is 19.4 Å². The molecule has 1 fully saturated rings. The van der Waals surface area contributed by atoms with E-state index in [9.17, 15) is 9.59 Å². The lowest BCUT2D eigenvalue weighted by Gasteiger charge is -2.24. The number of piperidine rings is 1. The highest BCUT2D eigenvalue weighted by Crippen LogP contribution is 2.18. The molecule has 102 valence electrons. The monoisotopic (exact) mass is 324 g/mol. The number of hydrogen-bond acceptors (Lipinski definition) is 2. The van der Waals surface area contributed by atoms with Crippen LogP contribution in [0.25, 0.3) is 0 Å². The normalized spacial score (nSPS) is 20.5. The van der Waals surface area contributed by atoms with Gasteiger partial charge in [-0.3, -0.25) is 9.59 Å². The van der Waals surface area contributed by atoms with Crippen molar-refractivity contribution >= 4 is 27.7 Å². The Morgan fingerprint density at radius 2 is 2.11 bits per heavy atom. The molecule has 4 nitrogen and oxygen atoms in total. The Balaban J connectivity index is 1.91. The van der Waals surface area contributed by atoms with Crippen molar-refractivity contribution in [2.24, 2.45) is 5.92 Å². The Labute approximate surface area is 121 Å². The molecule has 0 spiro atoms. The molecule has 0 saturated carbocycles. The fourth-order valence-corrected chi connectivity index (χ4v) is 2.39. The first kappa shape index (κ1) is 14.1. The van der Waals surface area contributed by atoms with E-state index in [1.165, 1.54) is 0 Å². The first-order valence-electron chi connectivity index (χ1n) is 6.39. The third kappa shape index (κ3) is 3.80. The van der Waals surface area contributed by atoms with Crippen LogP contribution in [0, 0.1) is 5.92 Å². The van der Waals surface area contributed by atoms with Crippen LogP contribution >= 0.6 is 15.9 Å². The van der Waals surface area contributed by atoms with E-state index in [0.717, 1.165) is 10.0 Å². The smallest absolute Gasteiger partial charge is 0.225 e. The van der Waals surface area contributed by atoms with Crippen molar-refractivity contribution in [3.8, 4) is 0 Å². The lowest BCUT2D eigenvalue weighted by Crippen LogP contribution is -2.43. The van der Waals surface area contributed by atoms with Gasteiger partial charge in [-0.15, -0.1) is 0 Å². The highest BCUT2D eigenvalue weighted by Gasteiger charge is 2.25. The minimum atomic E-state index is -0.115. The topological polar surface area (TPSA) is 58.2 Å². The van der Waals surface area contributed by atoms with Crippen molar-refractivity contribution in [1.82, 2.24) is 10.6 Å². The van der Waals surface area contributed by atoms with Gasteiger partial charge in [0.15, 0.2) is 0 Å². The van der Waals surface area contributed by atoms with E-state index in [1.54, 1.807) is 0 Å². The average molecular weight is 325 g/mol. The van der Waals surface area contributed by atoms with Gasteiger partial charge in [0.05, 0.1) is 12.0 Å². The van der Waals surface area contributed by atoms with Crippen molar-refractivity contribution in [2.75, 3.05) is 6.54 Å². The number of nitrogens with one attached hydrogen (secondary N) is 2. The Hall–Kier alpha value is -1.36. The first-order chi connectivity index (χ1) is 9.06. The van der Waals surface area contributed by atoms with Gasteiger partial charge in [-0.05, 0) is 31.0 Å². The van der Waals surface area contributed by atoms with Crippen LogP contribution in [0.15, 0.2) is 28.7 Å². The summed E-state index contributed by atoms with van der Waals surface area (Å²) in [7, 11) is 0. The standard InChI is InChI=1S/C14H17BrN2O2/c1-9(10-2-5-12(15)6-3-10)17-14(19)11-4-7-13(18)16-8-11/h2-3,5-6,9,11H,4,7-8H2,1H3,(H,16,18)(H,17,19). The number of rotatable bonds is 3. The molecular weight excluding hydrogens is 308 g/mol. The minimum absolute atomic E-state index is 0.00965. The summed E-state index contributed by atoms with van der Waals surface area (Å²) in [5.41, 5.74) is 1.07. The zero-order valence-electron chi connectivity index (χ0n) is 10.8. The van der Waals surface area contributed by atoms with Gasteiger partial charge in [0.25, 0.3) is 0 Å². The molecule has 1 saturated heterocycles. The molecule has 1 aromatic rings. The van der Waals surface area contributed by atoms with Crippen LogP contribution in [0.4, 0.5) is 0 Å². The minimum Gasteiger partial charge on any atom is -0.355 e. The number of carbonyl (C=O) groups is 2. The zero-order valence-corrected chi connectivity index (χ0v) is 12.4. The predicted octanol–water partition coefficient (Wildman–Crippen LogP) is 2.15. The maximum Gasteiger partial charge on any atom is 0.225 e. The van der Waals surface area contributed by atoms with Crippen molar-refractivity contribution in [2.45, 2.75) is 25.8 Å². The van der Waals surface area contributed by atoms with Crippen LogP contribution in [0.3, 0.4) is 0 Å². The molecule has 1 aliphatic rings. The Morgan fingerprint density at radius 3 is 2.68 bits per heavy atom. The molecule has 1 aromatic carbocycles. The van der Waals surface area contributed by atoms with Gasteiger partial charge in [0.1, 0.15) is 0 Å². The summed E-state index contributed by atoms with van der Waals surface area (Å²) >= 11 is 3.39. The lowest BCUT2D eigenvalue weighted by atomic mass is 9.97. The van der Waals surface area contributed by atoms with Crippen molar-refractivity contribution in [3.05, 3.63) is 34.3 Å². The Bertz CT molecular complexity index is 463. The van der Waals surface area contributed by atoms with Crippen molar-refractivity contribution < 1.29 is 9.59 Å². The van der Waals surface area contributed by atoms with Crippen LogP contribution in [0.1, 0.15) is 31.4 Å². The van der Waals surface area contributed by atoms with E-state index in [1.807, 2.05) is 31.2 Å². The molecule has 2 atom stereocenters.